The zero-order valence-corrected chi connectivity index (χ0v) is 10.5. The highest BCUT2D eigenvalue weighted by Gasteiger charge is 2.13. The van der Waals surface area contributed by atoms with Crippen molar-refractivity contribution in [1.82, 2.24) is 4.90 Å². The third kappa shape index (κ3) is 3.51. The van der Waals surface area contributed by atoms with Gasteiger partial charge in [-0.25, -0.2) is 0 Å². The molecule has 0 saturated heterocycles. The highest BCUT2D eigenvalue weighted by molar-refractivity contribution is 6.31. The van der Waals surface area contributed by atoms with Gasteiger partial charge in [-0.15, -0.1) is 0 Å². The second-order valence-corrected chi connectivity index (χ2v) is 4.36. The molecule has 0 radical (unpaired) electrons. The van der Waals surface area contributed by atoms with Gasteiger partial charge < -0.3 is 5.73 Å². The normalized spacial score (nSPS) is 12.8. The average Bonchev–Trinajstić information content (AvgIpc) is 2.25. The minimum Gasteiger partial charge on any atom is -0.388 e. The van der Waals surface area contributed by atoms with Gasteiger partial charge in [-0.2, -0.15) is 0 Å². The molecule has 0 bridgehead atoms. The molecule has 0 fully saturated rings. The maximum absolute atomic E-state index is 7.20. The van der Waals surface area contributed by atoms with Crippen LogP contribution in [-0.4, -0.2) is 24.3 Å². The lowest BCUT2D eigenvalue weighted by atomic mass is 10.1. The van der Waals surface area contributed by atoms with Crippen molar-refractivity contribution in [1.29, 1.82) is 5.41 Å². The van der Waals surface area contributed by atoms with E-state index in [1.54, 1.807) is 0 Å². The molecular weight excluding hydrogens is 222 g/mol. The van der Waals surface area contributed by atoms with Crippen LogP contribution < -0.4 is 5.73 Å². The van der Waals surface area contributed by atoms with Crippen LogP contribution >= 0.6 is 11.6 Å². The number of hydrogen-bond donors (Lipinski definition) is 2. The van der Waals surface area contributed by atoms with E-state index in [2.05, 4.69) is 11.8 Å². The summed E-state index contributed by atoms with van der Waals surface area (Å²) in [4.78, 5) is 2.14. The molecule has 0 heterocycles. The van der Waals surface area contributed by atoms with Crippen LogP contribution in [0.5, 0.6) is 0 Å². The third-order valence-electron chi connectivity index (χ3n) is 2.75. The standard InChI is InChI=1S/C12H18ClN3/c1-9(16(2)8-7-12(14)15)10-5-3-4-6-11(10)13/h3-6,9H,7-8H2,1-2H3,(H3,14,15). The number of rotatable bonds is 5. The fraction of sp³-hybridized carbons (Fsp3) is 0.417. The molecule has 1 atom stereocenters. The van der Waals surface area contributed by atoms with Gasteiger partial charge >= 0.3 is 0 Å². The molecule has 0 aliphatic carbocycles. The van der Waals surface area contributed by atoms with Crippen LogP contribution in [0.25, 0.3) is 0 Å². The first-order valence-corrected chi connectivity index (χ1v) is 5.67. The van der Waals surface area contributed by atoms with Gasteiger partial charge in [-0.1, -0.05) is 29.8 Å². The highest BCUT2D eigenvalue weighted by Crippen LogP contribution is 2.25. The smallest absolute Gasteiger partial charge is 0.0918 e. The van der Waals surface area contributed by atoms with Crippen molar-refractivity contribution in [3.05, 3.63) is 34.9 Å². The molecule has 1 aromatic rings. The van der Waals surface area contributed by atoms with Gasteiger partial charge in [-0.3, -0.25) is 10.3 Å². The van der Waals surface area contributed by atoms with Gasteiger partial charge in [0.15, 0.2) is 0 Å². The number of nitrogens with zero attached hydrogens (tertiary/aromatic N) is 1. The SMILES string of the molecule is CC(c1ccccc1Cl)N(C)CCC(=N)N. The average molecular weight is 240 g/mol. The van der Waals surface area contributed by atoms with Crippen LogP contribution in [0.2, 0.25) is 5.02 Å². The van der Waals surface area contributed by atoms with Crippen LogP contribution in [0, 0.1) is 5.41 Å². The van der Waals surface area contributed by atoms with E-state index in [4.69, 9.17) is 22.7 Å². The van der Waals surface area contributed by atoms with E-state index in [9.17, 15) is 0 Å². The second kappa shape index (κ2) is 5.87. The van der Waals surface area contributed by atoms with E-state index >= 15 is 0 Å². The minimum absolute atomic E-state index is 0.221. The zero-order chi connectivity index (χ0) is 12.1. The summed E-state index contributed by atoms with van der Waals surface area (Å²) >= 11 is 6.13. The van der Waals surface area contributed by atoms with Gasteiger partial charge in [0.25, 0.3) is 0 Å². The van der Waals surface area contributed by atoms with Gasteiger partial charge in [0.1, 0.15) is 0 Å². The fourth-order valence-electron chi connectivity index (χ4n) is 1.54. The van der Waals surface area contributed by atoms with E-state index in [0.717, 1.165) is 17.1 Å². The molecule has 88 valence electrons. The van der Waals surface area contributed by atoms with Crippen molar-refractivity contribution in [3.63, 3.8) is 0 Å². The molecule has 3 N–H and O–H groups in total. The predicted molar refractivity (Wildman–Crippen MR) is 69.0 cm³/mol. The van der Waals surface area contributed by atoms with E-state index in [0.29, 0.717) is 6.42 Å². The van der Waals surface area contributed by atoms with Crippen molar-refractivity contribution in [2.24, 2.45) is 5.73 Å². The van der Waals surface area contributed by atoms with Crippen LogP contribution in [0.3, 0.4) is 0 Å². The Morgan fingerprint density at radius 3 is 2.69 bits per heavy atom. The van der Waals surface area contributed by atoms with Crippen molar-refractivity contribution >= 4 is 17.4 Å². The molecule has 16 heavy (non-hydrogen) atoms. The van der Waals surface area contributed by atoms with Crippen molar-refractivity contribution in [2.75, 3.05) is 13.6 Å². The Morgan fingerprint density at radius 1 is 1.50 bits per heavy atom. The second-order valence-electron chi connectivity index (χ2n) is 3.95. The van der Waals surface area contributed by atoms with Gasteiger partial charge in [0.05, 0.1) is 5.84 Å². The molecule has 1 rings (SSSR count). The summed E-state index contributed by atoms with van der Waals surface area (Å²) in [5, 5.41) is 7.98. The number of nitrogens with two attached hydrogens (primary N) is 1. The van der Waals surface area contributed by atoms with Crippen molar-refractivity contribution in [2.45, 2.75) is 19.4 Å². The number of amidine groups is 1. The third-order valence-corrected chi connectivity index (χ3v) is 3.09. The van der Waals surface area contributed by atoms with Crippen molar-refractivity contribution < 1.29 is 0 Å². The summed E-state index contributed by atoms with van der Waals surface area (Å²) in [6, 6.07) is 8.06. The highest BCUT2D eigenvalue weighted by atomic mass is 35.5. The number of nitrogens with one attached hydrogen (secondary N) is 1. The summed E-state index contributed by atoms with van der Waals surface area (Å²) in [6.45, 7) is 2.86. The molecule has 4 heteroatoms. The van der Waals surface area contributed by atoms with E-state index in [-0.39, 0.29) is 11.9 Å². The Hall–Kier alpha value is -1.06. The predicted octanol–water partition coefficient (Wildman–Crippen LogP) is 2.66. The molecule has 1 unspecified atom stereocenters. The van der Waals surface area contributed by atoms with Crippen molar-refractivity contribution in [3.8, 4) is 0 Å². The largest absolute Gasteiger partial charge is 0.388 e. The number of hydrogen-bond acceptors (Lipinski definition) is 2. The molecule has 0 spiro atoms. The molecule has 0 aliphatic rings. The van der Waals surface area contributed by atoms with Gasteiger partial charge in [0, 0.05) is 24.0 Å². The van der Waals surface area contributed by atoms with E-state index in [1.807, 2.05) is 31.3 Å². The Labute approximate surface area is 102 Å². The van der Waals surface area contributed by atoms with Gasteiger partial charge in [-0.05, 0) is 25.6 Å². The maximum Gasteiger partial charge on any atom is 0.0918 e. The van der Waals surface area contributed by atoms with Crippen LogP contribution in [0.15, 0.2) is 24.3 Å². The van der Waals surface area contributed by atoms with E-state index < -0.39 is 0 Å². The Bertz CT molecular complexity index is 365. The maximum atomic E-state index is 7.20. The molecule has 0 aromatic heterocycles. The quantitative estimate of drug-likeness (QED) is 0.613. The molecule has 3 nitrogen and oxygen atoms in total. The van der Waals surface area contributed by atoms with Crippen LogP contribution in [0.4, 0.5) is 0 Å². The lowest BCUT2D eigenvalue weighted by Gasteiger charge is -2.25. The van der Waals surface area contributed by atoms with Crippen LogP contribution in [-0.2, 0) is 0 Å². The number of benzene rings is 1. The van der Waals surface area contributed by atoms with E-state index in [1.165, 1.54) is 0 Å². The Kier molecular flexibility index (Phi) is 4.77. The Balaban J connectivity index is 2.66. The fourth-order valence-corrected chi connectivity index (χ4v) is 1.84. The summed E-state index contributed by atoms with van der Waals surface area (Å²) in [7, 11) is 2.01. The topological polar surface area (TPSA) is 53.1 Å². The molecule has 0 amide bonds. The zero-order valence-electron chi connectivity index (χ0n) is 9.70. The summed E-state index contributed by atoms with van der Waals surface area (Å²) in [5.41, 5.74) is 6.45. The number of halogens is 1. The summed E-state index contributed by atoms with van der Waals surface area (Å²) < 4.78 is 0. The lowest BCUT2D eigenvalue weighted by Crippen LogP contribution is -2.27. The lowest BCUT2D eigenvalue weighted by molar-refractivity contribution is 0.269. The van der Waals surface area contributed by atoms with Crippen LogP contribution in [0.1, 0.15) is 24.9 Å². The first kappa shape index (κ1) is 13.0. The molecule has 1 aromatic carbocycles. The molecular formula is C12H18ClN3. The first-order chi connectivity index (χ1) is 7.52. The minimum atomic E-state index is 0.221. The first-order valence-electron chi connectivity index (χ1n) is 5.30. The monoisotopic (exact) mass is 239 g/mol. The molecule has 0 aliphatic heterocycles. The Morgan fingerprint density at radius 2 is 2.12 bits per heavy atom. The summed E-state index contributed by atoms with van der Waals surface area (Å²) in [6.07, 6.45) is 0.589. The molecule has 0 saturated carbocycles. The van der Waals surface area contributed by atoms with Gasteiger partial charge in [0.2, 0.25) is 0 Å². The summed E-state index contributed by atoms with van der Waals surface area (Å²) in [5.74, 6) is 0.221.